The summed E-state index contributed by atoms with van der Waals surface area (Å²) in [5.74, 6) is 2.05. The van der Waals surface area contributed by atoms with Gasteiger partial charge in [0.15, 0.2) is 11.5 Å². The van der Waals surface area contributed by atoms with Gasteiger partial charge in [-0.25, -0.2) is 4.98 Å². The van der Waals surface area contributed by atoms with E-state index in [1.165, 1.54) is 0 Å². The van der Waals surface area contributed by atoms with Crippen molar-refractivity contribution in [2.75, 3.05) is 7.11 Å². The van der Waals surface area contributed by atoms with Crippen molar-refractivity contribution in [2.45, 2.75) is 32.9 Å². The molecule has 144 valence electrons. The molecule has 6 heteroatoms. The number of fused-ring (bicyclic) bond motifs is 2. The maximum Gasteiger partial charge on any atom is 0.261 e. The van der Waals surface area contributed by atoms with Gasteiger partial charge in [-0.2, -0.15) is 0 Å². The van der Waals surface area contributed by atoms with Crippen LogP contribution in [0.1, 0.15) is 31.7 Å². The van der Waals surface area contributed by atoms with Crippen molar-refractivity contribution >= 4 is 34.2 Å². The van der Waals surface area contributed by atoms with E-state index >= 15 is 0 Å². The fourth-order valence-electron chi connectivity index (χ4n) is 3.48. The maximum absolute atomic E-state index is 12.9. The number of allylic oxidation sites excluding steroid dienone is 1. The highest BCUT2D eigenvalue weighted by atomic mass is 35.5. The molecular formula is C22H21ClN2O3. The Labute approximate surface area is 168 Å². The highest BCUT2D eigenvalue weighted by Crippen LogP contribution is 2.36. The van der Waals surface area contributed by atoms with Crippen LogP contribution >= 0.6 is 11.6 Å². The van der Waals surface area contributed by atoms with Crippen molar-refractivity contribution in [2.24, 2.45) is 0 Å². The smallest absolute Gasteiger partial charge is 0.261 e. The molecule has 0 saturated heterocycles. The Morgan fingerprint density at radius 3 is 2.82 bits per heavy atom. The Morgan fingerprint density at radius 1 is 1.25 bits per heavy atom. The van der Waals surface area contributed by atoms with E-state index < -0.39 is 0 Å². The molecule has 4 rings (SSSR count). The molecular weight excluding hydrogens is 376 g/mol. The van der Waals surface area contributed by atoms with Crippen LogP contribution in [0.5, 0.6) is 11.5 Å². The average molecular weight is 397 g/mol. The van der Waals surface area contributed by atoms with Crippen molar-refractivity contribution in [3.63, 3.8) is 0 Å². The second-order valence-corrected chi connectivity index (χ2v) is 7.45. The number of benzene rings is 2. The zero-order chi connectivity index (χ0) is 19.8. The molecule has 0 N–H and O–H groups in total. The van der Waals surface area contributed by atoms with Crippen LogP contribution in [-0.4, -0.2) is 22.8 Å². The third kappa shape index (κ3) is 3.27. The number of nitrogens with zero attached hydrogens (tertiary/aromatic N) is 2. The molecule has 0 unspecified atom stereocenters. The van der Waals surface area contributed by atoms with Crippen molar-refractivity contribution in [3.05, 3.63) is 63.2 Å². The highest BCUT2D eigenvalue weighted by Gasteiger charge is 2.22. The maximum atomic E-state index is 12.9. The molecule has 1 aliphatic rings. The Morgan fingerprint density at radius 2 is 2.07 bits per heavy atom. The first kappa shape index (κ1) is 18.6. The number of aromatic nitrogens is 2. The van der Waals surface area contributed by atoms with Crippen molar-refractivity contribution in [1.82, 2.24) is 9.55 Å². The first-order valence-corrected chi connectivity index (χ1v) is 9.60. The Hall–Kier alpha value is -2.79. The van der Waals surface area contributed by atoms with E-state index in [-0.39, 0.29) is 11.7 Å². The third-order valence-electron chi connectivity index (χ3n) is 4.72. The average Bonchev–Trinajstić information content (AvgIpc) is 3.05. The lowest BCUT2D eigenvalue weighted by molar-refractivity contribution is 0.229. The third-order valence-corrected chi connectivity index (χ3v) is 4.96. The van der Waals surface area contributed by atoms with Gasteiger partial charge in [0.2, 0.25) is 0 Å². The molecule has 0 saturated carbocycles. The van der Waals surface area contributed by atoms with Crippen LogP contribution in [0.15, 0.2) is 41.2 Å². The second-order valence-electron chi connectivity index (χ2n) is 7.02. The van der Waals surface area contributed by atoms with E-state index in [1.807, 2.05) is 38.1 Å². The van der Waals surface area contributed by atoms with Gasteiger partial charge in [-0.3, -0.25) is 9.36 Å². The Kier molecular flexibility index (Phi) is 4.85. The normalized spacial score (nSPS) is 14.7. The van der Waals surface area contributed by atoms with Gasteiger partial charge in [0, 0.05) is 17.1 Å². The molecule has 0 bridgehead atoms. The minimum atomic E-state index is -0.0376. The molecule has 2 heterocycles. The quantitative estimate of drug-likeness (QED) is 0.636. The van der Waals surface area contributed by atoms with Crippen molar-refractivity contribution in [1.29, 1.82) is 0 Å². The summed E-state index contributed by atoms with van der Waals surface area (Å²) < 4.78 is 13.2. The number of ether oxygens (including phenoxy) is 2. The number of methoxy groups -OCH3 is 1. The van der Waals surface area contributed by atoms with Crippen LogP contribution in [0.25, 0.3) is 22.6 Å². The van der Waals surface area contributed by atoms with Crippen molar-refractivity contribution < 1.29 is 9.47 Å². The summed E-state index contributed by atoms with van der Waals surface area (Å²) in [7, 11) is 1.63. The molecule has 0 atom stereocenters. The van der Waals surface area contributed by atoms with Gasteiger partial charge in [0.05, 0.1) is 24.1 Å². The van der Waals surface area contributed by atoms with Gasteiger partial charge in [0.25, 0.3) is 5.56 Å². The van der Waals surface area contributed by atoms with Crippen LogP contribution in [0, 0.1) is 0 Å². The summed E-state index contributed by atoms with van der Waals surface area (Å²) in [5, 5.41) is 1.15. The molecule has 0 spiro atoms. The van der Waals surface area contributed by atoms with E-state index in [4.69, 9.17) is 26.1 Å². The summed E-state index contributed by atoms with van der Waals surface area (Å²) >= 11 is 6.10. The van der Waals surface area contributed by atoms with Gasteiger partial charge in [-0.1, -0.05) is 23.7 Å². The fraction of sp³-hybridized carbons (Fsp3) is 0.273. The summed E-state index contributed by atoms with van der Waals surface area (Å²) in [6, 6.07) is 11.0. The predicted octanol–water partition coefficient (Wildman–Crippen LogP) is 4.79. The molecule has 0 aliphatic carbocycles. The topological polar surface area (TPSA) is 53.4 Å². The molecule has 0 amide bonds. The summed E-state index contributed by atoms with van der Waals surface area (Å²) in [6.07, 6.45) is 2.77. The molecule has 5 nitrogen and oxygen atoms in total. The van der Waals surface area contributed by atoms with E-state index in [2.05, 4.69) is 0 Å². The number of hydrogen-bond acceptors (Lipinski definition) is 4. The van der Waals surface area contributed by atoms with Gasteiger partial charge in [-0.05, 0) is 56.2 Å². The largest absolute Gasteiger partial charge is 0.493 e. The number of rotatable bonds is 4. The molecule has 2 aromatic carbocycles. The van der Waals surface area contributed by atoms with E-state index in [0.717, 1.165) is 17.6 Å². The lowest BCUT2D eigenvalue weighted by Crippen LogP contribution is -2.20. The first-order valence-electron chi connectivity index (χ1n) is 9.22. The molecule has 1 aromatic heterocycles. The highest BCUT2D eigenvalue weighted by molar-refractivity contribution is 6.31. The molecule has 28 heavy (non-hydrogen) atoms. The summed E-state index contributed by atoms with van der Waals surface area (Å²) in [6.45, 7) is 4.56. The Bertz CT molecular complexity index is 1150. The number of halogens is 1. The van der Waals surface area contributed by atoms with Gasteiger partial charge >= 0.3 is 0 Å². The molecule has 0 radical (unpaired) electrons. The van der Waals surface area contributed by atoms with E-state index in [1.54, 1.807) is 29.9 Å². The summed E-state index contributed by atoms with van der Waals surface area (Å²) in [4.78, 5) is 17.6. The van der Waals surface area contributed by atoms with Gasteiger partial charge in [0.1, 0.15) is 5.82 Å². The number of para-hydroxylation sites is 1. The second kappa shape index (κ2) is 7.32. The van der Waals surface area contributed by atoms with E-state index in [0.29, 0.717) is 39.8 Å². The van der Waals surface area contributed by atoms with Crippen LogP contribution in [-0.2, 0) is 6.54 Å². The van der Waals surface area contributed by atoms with Crippen LogP contribution < -0.4 is 15.0 Å². The molecule has 1 aliphatic heterocycles. The van der Waals surface area contributed by atoms with Gasteiger partial charge in [-0.15, -0.1) is 0 Å². The minimum absolute atomic E-state index is 0.0103. The monoisotopic (exact) mass is 396 g/mol. The molecule has 3 aromatic rings. The molecule has 0 fully saturated rings. The number of hydrogen-bond donors (Lipinski definition) is 0. The zero-order valence-corrected chi connectivity index (χ0v) is 16.8. The van der Waals surface area contributed by atoms with Crippen LogP contribution in [0.4, 0.5) is 0 Å². The van der Waals surface area contributed by atoms with E-state index in [9.17, 15) is 4.79 Å². The Balaban J connectivity index is 1.87. The minimum Gasteiger partial charge on any atom is -0.493 e. The van der Waals surface area contributed by atoms with Crippen LogP contribution in [0.3, 0.4) is 0 Å². The van der Waals surface area contributed by atoms with Gasteiger partial charge < -0.3 is 9.47 Å². The van der Waals surface area contributed by atoms with Crippen molar-refractivity contribution in [3.8, 4) is 11.5 Å². The SMILES string of the molecule is COc1cccc(/C=C2/CCn3c2nc2cc(Cl)ccc2c3=O)c1OC(C)C. The van der Waals surface area contributed by atoms with Crippen LogP contribution in [0.2, 0.25) is 5.02 Å². The standard InChI is InChI=1S/C22H21ClN2O3/c1-13(2)28-20-14(5-4-6-19(20)27-3)11-15-9-10-25-21(15)24-18-12-16(23)7-8-17(18)22(25)26/h4-8,11-13H,9-10H2,1-3H3/b15-11-. The zero-order valence-electron chi connectivity index (χ0n) is 16.0. The fourth-order valence-corrected chi connectivity index (χ4v) is 3.65. The first-order chi connectivity index (χ1) is 13.5. The summed E-state index contributed by atoms with van der Waals surface area (Å²) in [5.41, 5.74) is 2.46. The lowest BCUT2D eigenvalue weighted by atomic mass is 10.1. The lowest BCUT2D eigenvalue weighted by Gasteiger charge is -2.16. The predicted molar refractivity (Wildman–Crippen MR) is 112 cm³/mol.